The van der Waals surface area contributed by atoms with Crippen molar-refractivity contribution < 1.29 is 14.0 Å². The summed E-state index contributed by atoms with van der Waals surface area (Å²) < 4.78 is 15.5. The van der Waals surface area contributed by atoms with Crippen molar-refractivity contribution in [2.45, 2.75) is 19.3 Å². The quantitative estimate of drug-likeness (QED) is 0.844. The van der Waals surface area contributed by atoms with Gasteiger partial charge in [0, 0.05) is 52.0 Å². The zero-order chi connectivity index (χ0) is 18.5. The first-order valence-corrected chi connectivity index (χ1v) is 8.97. The van der Waals surface area contributed by atoms with Crippen LogP contribution in [-0.4, -0.2) is 52.4 Å². The van der Waals surface area contributed by atoms with E-state index < -0.39 is 0 Å². The van der Waals surface area contributed by atoms with Gasteiger partial charge in [-0.15, -0.1) is 0 Å². The summed E-state index contributed by atoms with van der Waals surface area (Å²) in [5, 5.41) is 0. The van der Waals surface area contributed by atoms with Gasteiger partial charge in [0.25, 0.3) is 5.91 Å². The summed E-state index contributed by atoms with van der Waals surface area (Å²) in [6.07, 6.45) is 5.10. The van der Waals surface area contributed by atoms with Crippen LogP contribution in [0.15, 0.2) is 42.7 Å². The van der Waals surface area contributed by atoms with Crippen LogP contribution in [0.3, 0.4) is 0 Å². The number of nitrogens with zero attached hydrogens (tertiary/aromatic N) is 3. The zero-order valence-corrected chi connectivity index (χ0v) is 15.0. The van der Waals surface area contributed by atoms with Gasteiger partial charge in [-0.1, -0.05) is 18.2 Å². The third kappa shape index (κ3) is 4.31. The number of rotatable bonds is 4. The first-order valence-electron chi connectivity index (χ1n) is 8.97. The van der Waals surface area contributed by atoms with Gasteiger partial charge in [-0.3, -0.25) is 9.59 Å². The van der Waals surface area contributed by atoms with Gasteiger partial charge in [-0.25, -0.2) is 4.39 Å². The SMILES string of the molecule is Cn1ccc(C(=O)N2CCCN(C(=O)CCc3ccccc3F)CC2)c1. The largest absolute Gasteiger partial charge is 0.356 e. The van der Waals surface area contributed by atoms with Crippen molar-refractivity contribution in [2.24, 2.45) is 7.05 Å². The van der Waals surface area contributed by atoms with Crippen LogP contribution in [0.1, 0.15) is 28.8 Å². The Morgan fingerprint density at radius 2 is 1.77 bits per heavy atom. The van der Waals surface area contributed by atoms with Crippen LogP contribution in [0, 0.1) is 5.82 Å². The first kappa shape index (κ1) is 18.2. The molecule has 0 bridgehead atoms. The molecule has 138 valence electrons. The predicted molar refractivity (Wildman–Crippen MR) is 97.2 cm³/mol. The number of carbonyl (C=O) groups is 2. The second kappa shape index (κ2) is 8.17. The van der Waals surface area contributed by atoms with Gasteiger partial charge in [0.15, 0.2) is 0 Å². The Morgan fingerprint density at radius 3 is 2.50 bits per heavy atom. The molecule has 0 aliphatic carbocycles. The number of hydrogen-bond acceptors (Lipinski definition) is 2. The van der Waals surface area contributed by atoms with Crippen molar-refractivity contribution in [3.63, 3.8) is 0 Å². The van der Waals surface area contributed by atoms with Gasteiger partial charge in [-0.2, -0.15) is 0 Å². The summed E-state index contributed by atoms with van der Waals surface area (Å²) in [6.45, 7) is 2.33. The maximum atomic E-state index is 13.7. The van der Waals surface area contributed by atoms with Crippen LogP contribution in [0.25, 0.3) is 0 Å². The molecular weight excluding hydrogens is 333 g/mol. The van der Waals surface area contributed by atoms with Crippen molar-refractivity contribution in [1.29, 1.82) is 0 Å². The van der Waals surface area contributed by atoms with E-state index in [1.165, 1.54) is 6.07 Å². The number of aromatic nitrogens is 1. The molecule has 0 atom stereocenters. The lowest BCUT2D eigenvalue weighted by Crippen LogP contribution is -2.37. The van der Waals surface area contributed by atoms with E-state index in [0.29, 0.717) is 43.7 Å². The van der Waals surface area contributed by atoms with Gasteiger partial charge < -0.3 is 14.4 Å². The number of halogens is 1. The van der Waals surface area contributed by atoms with Gasteiger partial charge in [-0.05, 0) is 30.5 Å². The molecule has 5 nitrogen and oxygen atoms in total. The Kier molecular flexibility index (Phi) is 5.71. The number of amides is 2. The molecule has 2 heterocycles. The van der Waals surface area contributed by atoms with Gasteiger partial charge in [0.2, 0.25) is 5.91 Å². The normalized spacial score (nSPS) is 15.0. The van der Waals surface area contributed by atoms with Crippen molar-refractivity contribution in [3.8, 4) is 0 Å². The van der Waals surface area contributed by atoms with Gasteiger partial charge >= 0.3 is 0 Å². The molecule has 3 rings (SSSR count). The fourth-order valence-corrected chi connectivity index (χ4v) is 3.28. The van der Waals surface area contributed by atoms with Crippen LogP contribution in [0.4, 0.5) is 4.39 Å². The molecule has 1 aliphatic heterocycles. The standard InChI is InChI=1S/C20H24FN3O2/c1-22-12-9-17(15-22)20(26)24-11-4-10-23(13-14-24)19(25)8-7-16-5-2-3-6-18(16)21/h2-3,5-6,9,12,15H,4,7-8,10-11,13-14H2,1H3. The lowest BCUT2D eigenvalue weighted by Gasteiger charge is -2.22. The number of hydrogen-bond donors (Lipinski definition) is 0. The lowest BCUT2D eigenvalue weighted by molar-refractivity contribution is -0.131. The molecule has 1 aliphatic rings. The molecular formula is C20H24FN3O2. The van der Waals surface area contributed by atoms with Crippen molar-refractivity contribution in [2.75, 3.05) is 26.2 Å². The Balaban J connectivity index is 1.54. The van der Waals surface area contributed by atoms with Crippen LogP contribution in [-0.2, 0) is 18.3 Å². The van der Waals surface area contributed by atoms with Crippen molar-refractivity contribution >= 4 is 11.8 Å². The Bertz CT molecular complexity index is 787. The summed E-state index contributed by atoms with van der Waals surface area (Å²) in [5.41, 5.74) is 1.24. The van der Waals surface area contributed by atoms with Crippen molar-refractivity contribution in [1.82, 2.24) is 14.4 Å². The summed E-state index contributed by atoms with van der Waals surface area (Å²) >= 11 is 0. The number of aryl methyl sites for hydroxylation is 2. The molecule has 0 saturated carbocycles. The van der Waals surface area contributed by atoms with E-state index in [-0.39, 0.29) is 24.1 Å². The molecule has 1 fully saturated rings. The van der Waals surface area contributed by atoms with Crippen LogP contribution in [0.5, 0.6) is 0 Å². The minimum atomic E-state index is -0.268. The van der Waals surface area contributed by atoms with E-state index in [1.807, 2.05) is 30.1 Å². The average molecular weight is 357 g/mol. The van der Waals surface area contributed by atoms with E-state index in [2.05, 4.69) is 0 Å². The molecule has 2 amide bonds. The summed E-state index contributed by atoms with van der Waals surface area (Å²) in [5.74, 6) is -0.246. The van der Waals surface area contributed by atoms with Gasteiger partial charge in [0.05, 0.1) is 5.56 Å². The monoisotopic (exact) mass is 357 g/mol. The second-order valence-corrected chi connectivity index (χ2v) is 6.68. The third-order valence-corrected chi connectivity index (χ3v) is 4.78. The van der Waals surface area contributed by atoms with Crippen LogP contribution >= 0.6 is 0 Å². The number of carbonyl (C=O) groups excluding carboxylic acids is 2. The maximum absolute atomic E-state index is 13.7. The smallest absolute Gasteiger partial charge is 0.255 e. The van der Waals surface area contributed by atoms with E-state index in [4.69, 9.17) is 0 Å². The molecule has 1 saturated heterocycles. The summed E-state index contributed by atoms with van der Waals surface area (Å²) in [7, 11) is 1.88. The van der Waals surface area contributed by atoms with E-state index in [9.17, 15) is 14.0 Å². The molecule has 0 N–H and O–H groups in total. The Morgan fingerprint density at radius 1 is 1.04 bits per heavy atom. The highest BCUT2D eigenvalue weighted by atomic mass is 19.1. The summed E-state index contributed by atoms with van der Waals surface area (Å²) in [4.78, 5) is 28.6. The highest BCUT2D eigenvalue weighted by Crippen LogP contribution is 2.13. The second-order valence-electron chi connectivity index (χ2n) is 6.68. The maximum Gasteiger partial charge on any atom is 0.255 e. The van der Waals surface area contributed by atoms with E-state index in [0.717, 1.165) is 6.42 Å². The fourth-order valence-electron chi connectivity index (χ4n) is 3.28. The number of benzene rings is 1. The van der Waals surface area contributed by atoms with Crippen molar-refractivity contribution in [3.05, 3.63) is 59.7 Å². The zero-order valence-electron chi connectivity index (χ0n) is 15.0. The Labute approximate surface area is 153 Å². The van der Waals surface area contributed by atoms with Crippen LogP contribution in [0.2, 0.25) is 0 Å². The fraction of sp³-hybridized carbons (Fsp3) is 0.400. The molecule has 0 unspecified atom stereocenters. The summed E-state index contributed by atoms with van der Waals surface area (Å²) in [6, 6.07) is 8.37. The molecule has 0 radical (unpaired) electrons. The molecule has 1 aromatic heterocycles. The molecule has 2 aromatic rings. The minimum absolute atomic E-state index is 0.00579. The third-order valence-electron chi connectivity index (χ3n) is 4.78. The molecule has 6 heteroatoms. The van der Waals surface area contributed by atoms with E-state index in [1.54, 1.807) is 28.0 Å². The highest BCUT2D eigenvalue weighted by Gasteiger charge is 2.23. The molecule has 26 heavy (non-hydrogen) atoms. The Hall–Kier alpha value is -2.63. The first-order chi connectivity index (χ1) is 12.5. The lowest BCUT2D eigenvalue weighted by atomic mass is 10.1. The topological polar surface area (TPSA) is 45.6 Å². The minimum Gasteiger partial charge on any atom is -0.356 e. The van der Waals surface area contributed by atoms with Gasteiger partial charge in [0.1, 0.15) is 5.82 Å². The predicted octanol–water partition coefficient (Wildman–Crippen LogP) is 2.47. The molecule has 0 spiro atoms. The van der Waals surface area contributed by atoms with Crippen LogP contribution < -0.4 is 0 Å². The average Bonchev–Trinajstić information content (AvgIpc) is 2.92. The highest BCUT2D eigenvalue weighted by molar-refractivity contribution is 5.94. The molecule has 1 aromatic carbocycles. The van der Waals surface area contributed by atoms with E-state index >= 15 is 0 Å².